The molecule has 1 aliphatic rings. The number of nitrogens with one attached hydrogen (secondary N) is 2. The van der Waals surface area contributed by atoms with E-state index in [4.69, 9.17) is 0 Å². The standard InChI is InChI=1S/C8H14N2O/c1-8(2)3-4-9-7(5-8)10-6-11/h3-4,6-7,9H,5H2,1-2H3,(H,10,11). The summed E-state index contributed by atoms with van der Waals surface area (Å²) in [7, 11) is 0. The Morgan fingerprint density at radius 1 is 1.73 bits per heavy atom. The molecule has 3 nitrogen and oxygen atoms in total. The van der Waals surface area contributed by atoms with Crippen LogP contribution in [0.3, 0.4) is 0 Å². The number of rotatable bonds is 2. The van der Waals surface area contributed by atoms with Crippen molar-refractivity contribution < 1.29 is 4.79 Å². The molecule has 1 rings (SSSR count). The van der Waals surface area contributed by atoms with E-state index in [1.54, 1.807) is 0 Å². The molecule has 0 saturated heterocycles. The van der Waals surface area contributed by atoms with Crippen molar-refractivity contribution in [1.82, 2.24) is 10.6 Å². The normalized spacial score (nSPS) is 27.3. The molecule has 0 fully saturated rings. The highest BCUT2D eigenvalue weighted by molar-refractivity contribution is 5.46. The van der Waals surface area contributed by atoms with Gasteiger partial charge in [-0.3, -0.25) is 4.79 Å². The first kappa shape index (κ1) is 8.11. The summed E-state index contributed by atoms with van der Waals surface area (Å²) in [6.07, 6.45) is 5.75. The van der Waals surface area contributed by atoms with Crippen molar-refractivity contribution in [2.75, 3.05) is 0 Å². The van der Waals surface area contributed by atoms with Gasteiger partial charge < -0.3 is 10.6 Å². The Labute approximate surface area is 66.9 Å². The minimum Gasteiger partial charge on any atom is -0.372 e. The van der Waals surface area contributed by atoms with Crippen molar-refractivity contribution in [2.24, 2.45) is 5.41 Å². The molecule has 1 amide bonds. The third-order valence-corrected chi connectivity index (χ3v) is 1.83. The van der Waals surface area contributed by atoms with Crippen LogP contribution < -0.4 is 10.6 Å². The van der Waals surface area contributed by atoms with Crippen molar-refractivity contribution in [3.8, 4) is 0 Å². The Morgan fingerprint density at radius 3 is 3.00 bits per heavy atom. The summed E-state index contributed by atoms with van der Waals surface area (Å²) in [5.41, 5.74) is 0.186. The fourth-order valence-electron chi connectivity index (χ4n) is 1.23. The third-order valence-electron chi connectivity index (χ3n) is 1.83. The summed E-state index contributed by atoms with van der Waals surface area (Å²) in [6.45, 7) is 4.29. The number of carbonyl (C=O) groups excluding carboxylic acids is 1. The highest BCUT2D eigenvalue weighted by atomic mass is 16.1. The summed E-state index contributed by atoms with van der Waals surface area (Å²) >= 11 is 0. The van der Waals surface area contributed by atoms with Crippen LogP contribution in [0.4, 0.5) is 0 Å². The zero-order valence-corrected chi connectivity index (χ0v) is 6.92. The number of hydrogen-bond donors (Lipinski definition) is 2. The molecule has 0 saturated carbocycles. The molecular weight excluding hydrogens is 140 g/mol. The first-order chi connectivity index (χ1) is 5.14. The first-order valence-electron chi connectivity index (χ1n) is 3.77. The van der Waals surface area contributed by atoms with E-state index in [9.17, 15) is 4.79 Å². The van der Waals surface area contributed by atoms with E-state index in [0.717, 1.165) is 12.8 Å². The van der Waals surface area contributed by atoms with Crippen LogP contribution in [0, 0.1) is 5.41 Å². The molecule has 0 aromatic rings. The lowest BCUT2D eigenvalue weighted by atomic mass is 9.86. The van der Waals surface area contributed by atoms with E-state index < -0.39 is 0 Å². The predicted octanol–water partition coefficient (Wildman–Crippen LogP) is 0.592. The summed E-state index contributed by atoms with van der Waals surface area (Å²) in [5.74, 6) is 0. The molecule has 1 heterocycles. The summed E-state index contributed by atoms with van der Waals surface area (Å²) in [5, 5.41) is 5.75. The maximum absolute atomic E-state index is 10.1. The SMILES string of the molecule is CC1(C)C=CNC(NC=O)C1. The number of allylic oxidation sites excluding steroid dienone is 1. The Morgan fingerprint density at radius 2 is 2.45 bits per heavy atom. The van der Waals surface area contributed by atoms with Crippen LogP contribution in [0.5, 0.6) is 0 Å². The summed E-state index contributed by atoms with van der Waals surface area (Å²) in [6, 6.07) is 0. The Hall–Kier alpha value is -0.990. The van der Waals surface area contributed by atoms with Crippen LogP contribution in [-0.4, -0.2) is 12.6 Å². The average Bonchev–Trinajstić information content (AvgIpc) is 1.85. The molecule has 1 unspecified atom stereocenters. The Kier molecular flexibility index (Phi) is 2.17. The van der Waals surface area contributed by atoms with Gasteiger partial charge in [-0.15, -0.1) is 0 Å². The molecule has 0 radical (unpaired) electrons. The van der Waals surface area contributed by atoms with Crippen molar-refractivity contribution in [3.63, 3.8) is 0 Å². The number of amides is 1. The maximum Gasteiger partial charge on any atom is 0.208 e. The minimum absolute atomic E-state index is 0.0903. The highest BCUT2D eigenvalue weighted by Gasteiger charge is 2.22. The average molecular weight is 154 g/mol. The smallest absolute Gasteiger partial charge is 0.208 e. The van der Waals surface area contributed by atoms with Crippen molar-refractivity contribution in [2.45, 2.75) is 26.4 Å². The van der Waals surface area contributed by atoms with Crippen LogP contribution in [0.15, 0.2) is 12.3 Å². The molecule has 3 heteroatoms. The molecule has 11 heavy (non-hydrogen) atoms. The summed E-state index contributed by atoms with van der Waals surface area (Å²) in [4.78, 5) is 10.1. The van der Waals surface area contributed by atoms with Crippen LogP contribution in [0.2, 0.25) is 0 Å². The van der Waals surface area contributed by atoms with Crippen LogP contribution in [0.1, 0.15) is 20.3 Å². The van der Waals surface area contributed by atoms with E-state index in [1.165, 1.54) is 0 Å². The second-order valence-corrected chi connectivity index (χ2v) is 3.53. The van der Waals surface area contributed by atoms with E-state index in [2.05, 4.69) is 30.6 Å². The second-order valence-electron chi connectivity index (χ2n) is 3.53. The predicted molar refractivity (Wildman–Crippen MR) is 43.7 cm³/mol. The van der Waals surface area contributed by atoms with Gasteiger partial charge in [-0.2, -0.15) is 0 Å². The van der Waals surface area contributed by atoms with Crippen LogP contribution >= 0.6 is 0 Å². The lowest BCUT2D eigenvalue weighted by Crippen LogP contribution is -2.44. The zero-order chi connectivity index (χ0) is 8.32. The molecule has 62 valence electrons. The molecule has 1 aliphatic heterocycles. The minimum atomic E-state index is 0.0903. The van der Waals surface area contributed by atoms with E-state index >= 15 is 0 Å². The lowest BCUT2D eigenvalue weighted by molar-refractivity contribution is -0.110. The first-order valence-corrected chi connectivity index (χ1v) is 3.77. The van der Waals surface area contributed by atoms with Gasteiger partial charge in [-0.05, 0) is 18.0 Å². The Balaban J connectivity index is 2.51. The lowest BCUT2D eigenvalue weighted by Gasteiger charge is -2.31. The fourth-order valence-corrected chi connectivity index (χ4v) is 1.23. The van der Waals surface area contributed by atoms with Crippen molar-refractivity contribution >= 4 is 6.41 Å². The third kappa shape index (κ3) is 2.26. The number of carbonyl (C=O) groups is 1. The molecular formula is C8H14N2O. The van der Waals surface area contributed by atoms with Gasteiger partial charge in [0.1, 0.15) is 0 Å². The summed E-state index contributed by atoms with van der Waals surface area (Å²) < 4.78 is 0. The molecule has 0 aromatic heterocycles. The topological polar surface area (TPSA) is 41.1 Å². The van der Waals surface area contributed by atoms with Gasteiger partial charge in [0.25, 0.3) is 0 Å². The van der Waals surface area contributed by atoms with Gasteiger partial charge in [0.05, 0.1) is 6.17 Å². The second kappa shape index (κ2) is 2.95. The zero-order valence-electron chi connectivity index (χ0n) is 6.92. The van der Waals surface area contributed by atoms with E-state index in [1.807, 2.05) is 6.20 Å². The van der Waals surface area contributed by atoms with Gasteiger partial charge >= 0.3 is 0 Å². The van der Waals surface area contributed by atoms with E-state index in [-0.39, 0.29) is 11.6 Å². The molecule has 0 bridgehead atoms. The fraction of sp³-hybridized carbons (Fsp3) is 0.625. The van der Waals surface area contributed by atoms with Crippen molar-refractivity contribution in [1.29, 1.82) is 0 Å². The molecule has 0 aromatic carbocycles. The van der Waals surface area contributed by atoms with Crippen LogP contribution in [-0.2, 0) is 4.79 Å². The van der Waals surface area contributed by atoms with Crippen LogP contribution in [0.25, 0.3) is 0 Å². The molecule has 2 N–H and O–H groups in total. The van der Waals surface area contributed by atoms with Crippen molar-refractivity contribution in [3.05, 3.63) is 12.3 Å². The van der Waals surface area contributed by atoms with Gasteiger partial charge in [-0.25, -0.2) is 0 Å². The van der Waals surface area contributed by atoms with Gasteiger partial charge in [-0.1, -0.05) is 19.9 Å². The molecule has 0 aliphatic carbocycles. The largest absolute Gasteiger partial charge is 0.372 e. The van der Waals surface area contributed by atoms with Gasteiger partial charge in [0.2, 0.25) is 6.41 Å². The highest BCUT2D eigenvalue weighted by Crippen LogP contribution is 2.25. The molecule has 0 spiro atoms. The van der Waals surface area contributed by atoms with E-state index in [0.29, 0.717) is 0 Å². The van der Waals surface area contributed by atoms with Gasteiger partial charge in [0.15, 0.2) is 0 Å². The molecule has 1 atom stereocenters. The maximum atomic E-state index is 10.1. The Bertz CT molecular complexity index is 175. The number of hydrogen-bond acceptors (Lipinski definition) is 2. The quantitative estimate of drug-likeness (QED) is 0.572. The van der Waals surface area contributed by atoms with Gasteiger partial charge in [0, 0.05) is 0 Å². The monoisotopic (exact) mass is 154 g/mol.